The van der Waals surface area contributed by atoms with Gasteiger partial charge in [0.05, 0.1) is 12.6 Å². The smallest absolute Gasteiger partial charge is 0.315 e. The van der Waals surface area contributed by atoms with Crippen LogP contribution in [-0.4, -0.2) is 55.1 Å². The van der Waals surface area contributed by atoms with E-state index < -0.39 is 0 Å². The van der Waals surface area contributed by atoms with E-state index in [1.165, 1.54) is 0 Å². The highest BCUT2D eigenvalue weighted by molar-refractivity contribution is 5.78. The van der Waals surface area contributed by atoms with Gasteiger partial charge in [-0.2, -0.15) is 0 Å². The van der Waals surface area contributed by atoms with Crippen LogP contribution in [0.4, 0.5) is 4.79 Å². The monoisotopic (exact) mass is 322 g/mol. The Morgan fingerprint density at radius 1 is 1.30 bits per heavy atom. The average Bonchev–Trinajstić information content (AvgIpc) is 2.52. The molecule has 1 fully saturated rings. The summed E-state index contributed by atoms with van der Waals surface area (Å²) >= 11 is 0. The topological polar surface area (TPSA) is 73.5 Å². The third kappa shape index (κ3) is 7.38. The maximum absolute atomic E-state index is 12.0. The van der Waals surface area contributed by atoms with Gasteiger partial charge in [-0.1, -0.05) is 26.7 Å². The Labute approximate surface area is 139 Å². The van der Waals surface area contributed by atoms with Gasteiger partial charge in [-0.3, -0.25) is 9.69 Å². The second-order valence-corrected chi connectivity index (χ2v) is 6.41. The van der Waals surface area contributed by atoms with Crippen LogP contribution >= 0.6 is 0 Å². The summed E-state index contributed by atoms with van der Waals surface area (Å²) in [6, 6.07) is -0.325. The van der Waals surface area contributed by atoms with Crippen molar-refractivity contribution in [2.75, 3.05) is 26.2 Å². The van der Waals surface area contributed by atoms with Crippen LogP contribution in [0.15, 0.2) is 0 Å². The van der Waals surface area contributed by atoms with Crippen LogP contribution in [0.2, 0.25) is 0 Å². The van der Waals surface area contributed by atoms with Crippen LogP contribution in [0.25, 0.3) is 0 Å². The Balaban J connectivity index is 2.27. The normalized spacial score (nSPS) is 17.3. The number of carbonyl (C=O) groups excluding carboxylic acids is 2. The summed E-state index contributed by atoms with van der Waals surface area (Å²) < 4.78 is 0. The minimum absolute atomic E-state index is 0.0739. The zero-order valence-electron chi connectivity index (χ0n) is 14.5. The van der Waals surface area contributed by atoms with E-state index in [2.05, 4.69) is 26.8 Å². The highest BCUT2D eigenvalue weighted by Gasteiger charge is 2.23. The maximum atomic E-state index is 12.0. The summed E-state index contributed by atoms with van der Waals surface area (Å²) in [4.78, 5) is 25.8. The molecule has 130 valence electrons. The Hall–Kier alpha value is -1.74. The Kier molecular flexibility index (Phi) is 8.49. The molecule has 1 aliphatic rings. The largest absolute Gasteiger partial charge is 0.355 e. The number of piperidine rings is 1. The third-order valence-electron chi connectivity index (χ3n) is 4.00. The van der Waals surface area contributed by atoms with E-state index in [4.69, 9.17) is 6.42 Å². The number of amides is 3. The van der Waals surface area contributed by atoms with Gasteiger partial charge in [-0.25, -0.2) is 4.79 Å². The van der Waals surface area contributed by atoms with E-state index in [1.807, 2.05) is 20.8 Å². The van der Waals surface area contributed by atoms with Crippen LogP contribution in [0.5, 0.6) is 0 Å². The Bertz CT molecular complexity index is 423. The van der Waals surface area contributed by atoms with Crippen LogP contribution in [0.1, 0.15) is 40.0 Å². The molecule has 0 aromatic carbocycles. The second kappa shape index (κ2) is 10.1. The molecule has 3 amide bonds. The van der Waals surface area contributed by atoms with Gasteiger partial charge in [-0.15, -0.1) is 6.42 Å². The minimum atomic E-state index is -0.252. The lowest BCUT2D eigenvalue weighted by molar-refractivity contribution is -0.122. The maximum Gasteiger partial charge on any atom is 0.315 e. The molecule has 6 heteroatoms. The number of likely N-dealkylation sites (tertiary alicyclic amines) is 1. The van der Waals surface area contributed by atoms with Crippen molar-refractivity contribution in [3.05, 3.63) is 0 Å². The third-order valence-corrected chi connectivity index (χ3v) is 4.00. The van der Waals surface area contributed by atoms with Crippen LogP contribution < -0.4 is 16.0 Å². The van der Waals surface area contributed by atoms with Gasteiger partial charge in [0.15, 0.2) is 0 Å². The van der Waals surface area contributed by atoms with Gasteiger partial charge < -0.3 is 16.0 Å². The van der Waals surface area contributed by atoms with Crippen molar-refractivity contribution >= 4 is 11.9 Å². The fourth-order valence-corrected chi connectivity index (χ4v) is 2.53. The molecule has 0 bridgehead atoms. The summed E-state index contributed by atoms with van der Waals surface area (Å²) in [5.41, 5.74) is 0. The zero-order valence-corrected chi connectivity index (χ0v) is 14.5. The molecule has 1 saturated heterocycles. The number of hydrogen-bond acceptors (Lipinski definition) is 3. The predicted octanol–water partition coefficient (Wildman–Crippen LogP) is 0.934. The molecule has 3 N–H and O–H groups in total. The number of urea groups is 1. The molecule has 0 saturated carbocycles. The molecule has 1 atom stereocenters. The standard InChI is InChI=1S/C17H30N4O2/c1-5-9-18-16(22)12-21-10-7-14(8-11-21)19-17(23)20-15(6-2)13(3)4/h2,13-15H,5,7-12H2,1,3-4H3,(H,18,22)(H2,19,20,23)/t15-/m1/s1. The van der Waals surface area contributed by atoms with E-state index in [0.717, 1.165) is 38.9 Å². The van der Waals surface area contributed by atoms with Crippen molar-refractivity contribution in [3.63, 3.8) is 0 Å². The van der Waals surface area contributed by atoms with E-state index >= 15 is 0 Å². The van der Waals surface area contributed by atoms with Gasteiger partial charge >= 0.3 is 6.03 Å². The molecule has 0 aliphatic carbocycles. The SMILES string of the molecule is C#C[C@@H](NC(=O)NC1CCN(CC(=O)NCCC)CC1)C(C)C. The lowest BCUT2D eigenvalue weighted by Crippen LogP contribution is -2.51. The molecule has 1 aliphatic heterocycles. The quantitative estimate of drug-likeness (QED) is 0.611. The minimum Gasteiger partial charge on any atom is -0.355 e. The van der Waals surface area contributed by atoms with E-state index in [-0.39, 0.29) is 29.9 Å². The molecular weight excluding hydrogens is 292 g/mol. The van der Waals surface area contributed by atoms with Crippen LogP contribution in [0, 0.1) is 18.3 Å². The van der Waals surface area contributed by atoms with Crippen molar-refractivity contribution in [1.29, 1.82) is 0 Å². The van der Waals surface area contributed by atoms with E-state index in [0.29, 0.717) is 6.54 Å². The number of terminal acetylenes is 1. The van der Waals surface area contributed by atoms with E-state index in [1.54, 1.807) is 0 Å². The molecule has 0 aromatic heterocycles. The van der Waals surface area contributed by atoms with Gasteiger partial charge in [0, 0.05) is 25.7 Å². The van der Waals surface area contributed by atoms with Gasteiger partial charge in [-0.05, 0) is 25.2 Å². The molecule has 1 heterocycles. The predicted molar refractivity (Wildman–Crippen MR) is 91.9 cm³/mol. The molecule has 0 aromatic rings. The summed E-state index contributed by atoms with van der Waals surface area (Å²) in [7, 11) is 0. The van der Waals surface area contributed by atoms with Crippen LogP contribution in [0.3, 0.4) is 0 Å². The number of carbonyl (C=O) groups is 2. The summed E-state index contributed by atoms with van der Waals surface area (Å²) in [5, 5.41) is 8.67. The molecule has 23 heavy (non-hydrogen) atoms. The van der Waals surface area contributed by atoms with Crippen molar-refractivity contribution in [2.24, 2.45) is 5.92 Å². The molecular formula is C17H30N4O2. The van der Waals surface area contributed by atoms with Gasteiger partial charge in [0.1, 0.15) is 0 Å². The highest BCUT2D eigenvalue weighted by Crippen LogP contribution is 2.10. The van der Waals surface area contributed by atoms with Crippen molar-refractivity contribution in [2.45, 2.75) is 52.1 Å². The van der Waals surface area contributed by atoms with Gasteiger partial charge in [0.25, 0.3) is 0 Å². The first-order valence-corrected chi connectivity index (χ1v) is 8.48. The highest BCUT2D eigenvalue weighted by atomic mass is 16.2. The van der Waals surface area contributed by atoms with E-state index in [9.17, 15) is 9.59 Å². The Morgan fingerprint density at radius 3 is 2.48 bits per heavy atom. The summed E-state index contributed by atoms with van der Waals surface area (Å²) in [6.45, 7) is 8.78. The molecule has 0 unspecified atom stereocenters. The fraction of sp³-hybridized carbons (Fsp3) is 0.765. The van der Waals surface area contributed by atoms with Crippen molar-refractivity contribution < 1.29 is 9.59 Å². The second-order valence-electron chi connectivity index (χ2n) is 6.41. The number of nitrogens with zero attached hydrogens (tertiary/aromatic N) is 1. The van der Waals surface area contributed by atoms with Crippen molar-refractivity contribution in [1.82, 2.24) is 20.9 Å². The first-order valence-electron chi connectivity index (χ1n) is 8.48. The Morgan fingerprint density at radius 2 is 1.96 bits per heavy atom. The lowest BCUT2D eigenvalue weighted by atomic mass is 10.0. The average molecular weight is 322 g/mol. The molecule has 6 nitrogen and oxygen atoms in total. The molecule has 0 spiro atoms. The fourth-order valence-electron chi connectivity index (χ4n) is 2.53. The molecule has 1 rings (SSSR count). The van der Waals surface area contributed by atoms with Crippen molar-refractivity contribution in [3.8, 4) is 12.3 Å². The number of hydrogen-bond donors (Lipinski definition) is 3. The van der Waals surface area contributed by atoms with Gasteiger partial charge in [0.2, 0.25) is 5.91 Å². The van der Waals surface area contributed by atoms with Crippen LogP contribution in [-0.2, 0) is 4.79 Å². The first-order chi connectivity index (χ1) is 11.0. The molecule has 0 radical (unpaired) electrons. The zero-order chi connectivity index (χ0) is 17.2. The first kappa shape index (κ1) is 19.3. The summed E-state index contributed by atoms with van der Waals surface area (Å²) in [6.07, 6.45) is 8.05. The number of rotatable bonds is 7. The lowest BCUT2D eigenvalue weighted by Gasteiger charge is -2.32. The number of nitrogens with one attached hydrogen (secondary N) is 3. The summed E-state index contributed by atoms with van der Waals surface area (Å²) in [5.74, 6) is 2.87.